The first-order valence-corrected chi connectivity index (χ1v) is 1.84. The van der Waals surface area contributed by atoms with Gasteiger partial charge in [0, 0.05) is 0 Å². The van der Waals surface area contributed by atoms with Gasteiger partial charge in [-0.05, 0) is 0 Å². The molecule has 0 heterocycles. The van der Waals surface area contributed by atoms with Crippen molar-refractivity contribution in [2.45, 2.75) is 13.6 Å². The Labute approximate surface area is 37.4 Å². The van der Waals surface area contributed by atoms with E-state index in [1.54, 1.807) is 0 Å². The Bertz CT molecular complexity index is 74.9. The van der Waals surface area contributed by atoms with Crippen molar-refractivity contribution in [1.29, 1.82) is 0 Å². The molecule has 32 valence electrons. The highest BCUT2D eigenvalue weighted by Crippen LogP contribution is 1.73. The molecular weight excluding hydrogens is 76.9 g/mol. The van der Waals surface area contributed by atoms with Crippen molar-refractivity contribution < 1.29 is 4.79 Å². The van der Waals surface area contributed by atoms with Gasteiger partial charge in [0.05, 0.1) is 0 Å². The summed E-state index contributed by atoms with van der Waals surface area (Å²) in [5, 5.41) is 0. The van der Waals surface area contributed by atoms with Gasteiger partial charge in [-0.15, -0.1) is 0 Å². The van der Waals surface area contributed by atoms with E-state index < -0.39 is 0 Å². The third-order valence-corrected chi connectivity index (χ3v) is 0.311. The molecule has 6 heavy (non-hydrogen) atoms. The number of rotatable bonds is 1. The first-order valence-electron chi connectivity index (χ1n) is 1.84. The maximum atomic E-state index is 9.32. The number of hydrogen-bond donors (Lipinski definition) is 0. The van der Waals surface area contributed by atoms with Gasteiger partial charge in [-0.2, -0.15) is 0 Å². The van der Waals surface area contributed by atoms with Crippen LogP contribution >= 0.6 is 0 Å². The van der Waals surface area contributed by atoms with E-state index in [9.17, 15) is 4.79 Å². The van der Waals surface area contributed by atoms with E-state index in [1.807, 2.05) is 13.6 Å². The highest BCUT2D eigenvalue weighted by Gasteiger charge is 1.88. The molecule has 0 unspecified atom stereocenters. The molecule has 0 saturated heterocycles. The van der Waals surface area contributed by atoms with E-state index in [1.165, 1.54) is 6.08 Å². The van der Waals surface area contributed by atoms with Gasteiger partial charge in [0.25, 0.3) is 6.85 Å². The monoisotopic (exact) mass is 83.1 g/mol. The Morgan fingerprint density at radius 3 is 2.17 bits per heavy atom. The zero-order valence-corrected chi connectivity index (χ0v) is 3.93. The van der Waals surface area contributed by atoms with Gasteiger partial charge in [-0.1, -0.05) is 13.6 Å². The molecular formula is C3H6BNO. The van der Waals surface area contributed by atoms with Crippen LogP contribution < -0.4 is 0 Å². The number of hydrogen-bond acceptors (Lipinski definition) is 2. The maximum absolute atomic E-state index is 9.32. The first kappa shape index (κ1) is 5.44. The number of carbonyl (C=O) groups excluding carboxylic acids is 1. The molecule has 0 spiro atoms. The summed E-state index contributed by atoms with van der Waals surface area (Å²) >= 11 is 0. The zero-order valence-electron chi connectivity index (χ0n) is 3.93. The minimum atomic E-state index is 0.0995. The Hall–Kier alpha value is -0.555. The summed E-state index contributed by atoms with van der Waals surface area (Å²) < 4.78 is 0. The van der Waals surface area contributed by atoms with Crippen LogP contribution in [0, 0.1) is 0 Å². The van der Waals surface area contributed by atoms with Crippen LogP contribution in [0.4, 0.5) is 0 Å². The summed E-state index contributed by atoms with van der Waals surface area (Å²) in [6.45, 7) is 3.75. The van der Waals surface area contributed by atoms with Crippen molar-refractivity contribution >= 4 is 12.9 Å². The molecule has 3 heteroatoms. The van der Waals surface area contributed by atoms with Crippen LogP contribution in [-0.4, -0.2) is 12.9 Å². The average Bonchev–Trinajstić information content (AvgIpc) is 1.35. The molecule has 0 fully saturated rings. The van der Waals surface area contributed by atoms with Crippen molar-refractivity contribution in [3.8, 4) is 0 Å². The van der Waals surface area contributed by atoms with Gasteiger partial charge in [0.15, 0.2) is 0 Å². The third kappa shape index (κ3) is 3.44. The molecule has 0 aliphatic carbocycles. The second-order valence-electron chi connectivity index (χ2n) is 1.31. The minimum absolute atomic E-state index is 0.0995. The van der Waals surface area contributed by atoms with Crippen LogP contribution in [0.2, 0.25) is 13.6 Å². The third-order valence-electron chi connectivity index (χ3n) is 0.311. The molecule has 0 amide bonds. The van der Waals surface area contributed by atoms with Gasteiger partial charge in [0.2, 0.25) is 6.08 Å². The molecule has 0 aromatic rings. The van der Waals surface area contributed by atoms with Gasteiger partial charge in [-0.3, -0.25) is 4.90 Å². The van der Waals surface area contributed by atoms with Gasteiger partial charge < -0.3 is 0 Å². The molecule has 0 radical (unpaired) electrons. The molecule has 0 saturated carbocycles. The standard InChI is InChI=1S/C3H6BNO/c1-4(2)5-3-6/h1-2H3. The lowest BCUT2D eigenvalue weighted by molar-refractivity contribution is 0.566. The quantitative estimate of drug-likeness (QED) is 0.259. The molecule has 0 aliphatic rings. The van der Waals surface area contributed by atoms with Crippen molar-refractivity contribution in [2.24, 2.45) is 4.90 Å². The molecule has 0 aliphatic heterocycles. The SMILES string of the molecule is CB(C)N=C=O. The Kier molecular flexibility index (Phi) is 2.42. The van der Waals surface area contributed by atoms with E-state index in [0.717, 1.165) is 0 Å². The lowest BCUT2D eigenvalue weighted by atomic mass is 9.70. The van der Waals surface area contributed by atoms with E-state index in [4.69, 9.17) is 0 Å². The van der Waals surface area contributed by atoms with Crippen molar-refractivity contribution in [3.05, 3.63) is 0 Å². The smallest absolute Gasteiger partial charge is 0.269 e. The second-order valence-corrected chi connectivity index (χ2v) is 1.31. The zero-order chi connectivity index (χ0) is 4.99. The summed E-state index contributed by atoms with van der Waals surface area (Å²) in [7, 11) is 0. The van der Waals surface area contributed by atoms with Crippen molar-refractivity contribution in [2.75, 3.05) is 0 Å². The van der Waals surface area contributed by atoms with E-state index >= 15 is 0 Å². The van der Waals surface area contributed by atoms with Gasteiger partial charge >= 0.3 is 0 Å². The number of nitrogens with zero attached hydrogens (tertiary/aromatic N) is 1. The molecule has 0 aromatic heterocycles. The molecule has 0 bridgehead atoms. The predicted molar refractivity (Wildman–Crippen MR) is 25.6 cm³/mol. The molecule has 0 aromatic carbocycles. The van der Waals surface area contributed by atoms with Crippen LogP contribution in [0.3, 0.4) is 0 Å². The summed E-state index contributed by atoms with van der Waals surface area (Å²) in [6, 6.07) is 0. The van der Waals surface area contributed by atoms with Crippen LogP contribution in [0.25, 0.3) is 0 Å². The molecule has 0 rings (SSSR count). The summed E-state index contributed by atoms with van der Waals surface area (Å²) in [5.41, 5.74) is 0. The predicted octanol–water partition coefficient (Wildman–Crippen LogP) is 0.573. The molecule has 0 N–H and O–H groups in total. The van der Waals surface area contributed by atoms with Crippen LogP contribution in [0.5, 0.6) is 0 Å². The van der Waals surface area contributed by atoms with Crippen LogP contribution in [0.1, 0.15) is 0 Å². The number of isocyanates is 1. The second kappa shape index (κ2) is 2.67. The lowest BCUT2D eigenvalue weighted by Crippen LogP contribution is -1.90. The van der Waals surface area contributed by atoms with Crippen molar-refractivity contribution in [1.82, 2.24) is 0 Å². The van der Waals surface area contributed by atoms with E-state index in [-0.39, 0.29) is 6.85 Å². The maximum Gasteiger partial charge on any atom is 0.289 e. The van der Waals surface area contributed by atoms with E-state index in [2.05, 4.69) is 4.90 Å². The Morgan fingerprint density at radius 1 is 1.67 bits per heavy atom. The molecule has 0 atom stereocenters. The lowest BCUT2D eigenvalue weighted by Gasteiger charge is -1.75. The van der Waals surface area contributed by atoms with Crippen LogP contribution in [0.15, 0.2) is 4.90 Å². The van der Waals surface area contributed by atoms with E-state index in [0.29, 0.717) is 0 Å². The highest BCUT2D eigenvalue weighted by molar-refractivity contribution is 6.54. The summed E-state index contributed by atoms with van der Waals surface area (Å²) in [6.07, 6.45) is 1.44. The summed E-state index contributed by atoms with van der Waals surface area (Å²) in [5.74, 6) is 0. The normalized spacial score (nSPS) is 6.33. The fraction of sp³-hybridized carbons (Fsp3) is 0.667. The fourth-order valence-corrected chi connectivity index (χ4v) is 0.105. The fourth-order valence-electron chi connectivity index (χ4n) is 0.105. The van der Waals surface area contributed by atoms with Crippen molar-refractivity contribution in [3.63, 3.8) is 0 Å². The van der Waals surface area contributed by atoms with Gasteiger partial charge in [-0.25, -0.2) is 4.79 Å². The summed E-state index contributed by atoms with van der Waals surface area (Å²) in [4.78, 5) is 12.6. The average molecular weight is 82.9 g/mol. The Morgan fingerprint density at radius 2 is 2.17 bits per heavy atom. The first-order chi connectivity index (χ1) is 2.77. The largest absolute Gasteiger partial charge is 0.289 e. The van der Waals surface area contributed by atoms with Crippen LogP contribution in [-0.2, 0) is 4.79 Å². The minimum Gasteiger partial charge on any atom is -0.269 e. The molecule has 2 nitrogen and oxygen atoms in total. The Balaban J connectivity index is 3.29. The topological polar surface area (TPSA) is 29.4 Å². The van der Waals surface area contributed by atoms with Gasteiger partial charge in [0.1, 0.15) is 0 Å². The highest BCUT2D eigenvalue weighted by atomic mass is 16.1.